The predicted octanol–water partition coefficient (Wildman–Crippen LogP) is 5.04. The van der Waals surface area contributed by atoms with Gasteiger partial charge in [0.2, 0.25) is 0 Å². The third-order valence-corrected chi connectivity index (χ3v) is 4.51. The zero-order valence-electron chi connectivity index (χ0n) is 8.98. The van der Waals surface area contributed by atoms with Crippen molar-refractivity contribution in [1.29, 1.82) is 0 Å². The van der Waals surface area contributed by atoms with E-state index in [9.17, 15) is 4.39 Å². The SMILES string of the molecule is FC1CCCCCCCCCC[C@@H]1I. The Balaban J connectivity index is 2.23. The van der Waals surface area contributed by atoms with Crippen LogP contribution in [0, 0.1) is 0 Å². The fourth-order valence-corrected chi connectivity index (χ4v) is 2.90. The molecule has 0 amide bonds. The maximum absolute atomic E-state index is 13.6. The molecule has 1 aliphatic rings. The van der Waals surface area contributed by atoms with Crippen LogP contribution in [-0.2, 0) is 0 Å². The van der Waals surface area contributed by atoms with Crippen molar-refractivity contribution in [3.05, 3.63) is 0 Å². The minimum absolute atomic E-state index is 0.270. The second-order valence-corrected chi connectivity index (χ2v) is 6.04. The number of hydrogen-bond donors (Lipinski definition) is 0. The number of halogens is 2. The van der Waals surface area contributed by atoms with E-state index < -0.39 is 6.17 Å². The van der Waals surface area contributed by atoms with Gasteiger partial charge in [-0.05, 0) is 12.8 Å². The van der Waals surface area contributed by atoms with Crippen molar-refractivity contribution in [2.45, 2.75) is 74.3 Å². The summed E-state index contributed by atoms with van der Waals surface area (Å²) in [5.41, 5.74) is 0. The minimum Gasteiger partial charge on any atom is -0.246 e. The zero-order valence-corrected chi connectivity index (χ0v) is 11.1. The molecule has 0 radical (unpaired) electrons. The molecule has 84 valence electrons. The highest BCUT2D eigenvalue weighted by atomic mass is 127. The second-order valence-electron chi connectivity index (χ2n) is 4.44. The first-order valence-corrected chi connectivity index (χ1v) is 7.33. The van der Waals surface area contributed by atoms with Gasteiger partial charge in [-0.25, -0.2) is 4.39 Å². The van der Waals surface area contributed by atoms with Gasteiger partial charge >= 0.3 is 0 Å². The van der Waals surface area contributed by atoms with Crippen molar-refractivity contribution in [3.63, 3.8) is 0 Å². The van der Waals surface area contributed by atoms with Crippen LogP contribution in [0.2, 0.25) is 0 Å². The highest BCUT2D eigenvalue weighted by Gasteiger charge is 2.17. The van der Waals surface area contributed by atoms with E-state index in [0.717, 1.165) is 19.3 Å². The van der Waals surface area contributed by atoms with Crippen molar-refractivity contribution >= 4 is 22.6 Å². The fourth-order valence-electron chi connectivity index (χ4n) is 2.10. The Hall–Kier alpha value is 0.660. The Morgan fingerprint density at radius 2 is 1.14 bits per heavy atom. The lowest BCUT2D eigenvalue weighted by Crippen LogP contribution is -2.15. The number of alkyl halides is 2. The smallest absolute Gasteiger partial charge is 0.112 e. The largest absolute Gasteiger partial charge is 0.246 e. The zero-order chi connectivity index (χ0) is 10.2. The van der Waals surface area contributed by atoms with Crippen molar-refractivity contribution in [3.8, 4) is 0 Å². The Labute approximate surface area is 101 Å². The highest BCUT2D eigenvalue weighted by molar-refractivity contribution is 14.1. The topological polar surface area (TPSA) is 0 Å². The van der Waals surface area contributed by atoms with Crippen LogP contribution in [0.15, 0.2) is 0 Å². The van der Waals surface area contributed by atoms with E-state index >= 15 is 0 Å². The van der Waals surface area contributed by atoms with Crippen LogP contribution >= 0.6 is 22.6 Å². The lowest BCUT2D eigenvalue weighted by molar-refractivity contribution is 0.292. The summed E-state index contributed by atoms with van der Waals surface area (Å²) in [4.78, 5) is 0. The van der Waals surface area contributed by atoms with Crippen LogP contribution in [0.25, 0.3) is 0 Å². The van der Waals surface area contributed by atoms with Gasteiger partial charge in [-0.1, -0.05) is 74.0 Å². The molecule has 1 rings (SSSR count). The summed E-state index contributed by atoms with van der Waals surface area (Å²) in [7, 11) is 0. The first-order chi connectivity index (χ1) is 6.80. The average Bonchev–Trinajstić information content (AvgIpc) is 2.18. The molecule has 0 saturated heterocycles. The van der Waals surface area contributed by atoms with Gasteiger partial charge in [0.25, 0.3) is 0 Å². The Bertz CT molecular complexity index is 122. The van der Waals surface area contributed by atoms with Gasteiger partial charge in [0.1, 0.15) is 6.17 Å². The Morgan fingerprint density at radius 3 is 1.71 bits per heavy atom. The highest BCUT2D eigenvalue weighted by Crippen LogP contribution is 2.24. The number of rotatable bonds is 0. The summed E-state index contributed by atoms with van der Waals surface area (Å²) in [5.74, 6) is 0. The van der Waals surface area contributed by atoms with E-state index in [1.165, 1.54) is 44.9 Å². The van der Waals surface area contributed by atoms with Gasteiger partial charge in [0.05, 0.1) is 0 Å². The molecule has 2 atom stereocenters. The van der Waals surface area contributed by atoms with E-state index in [1.807, 2.05) is 0 Å². The summed E-state index contributed by atoms with van der Waals surface area (Å²) < 4.78 is 13.8. The molecule has 1 aliphatic carbocycles. The third-order valence-electron chi connectivity index (χ3n) is 3.10. The lowest BCUT2D eigenvalue weighted by Gasteiger charge is -2.16. The molecule has 0 aromatic heterocycles. The van der Waals surface area contributed by atoms with Gasteiger partial charge in [0.15, 0.2) is 0 Å². The minimum atomic E-state index is -0.546. The van der Waals surface area contributed by atoms with Crippen LogP contribution in [0.3, 0.4) is 0 Å². The normalized spacial score (nSPS) is 33.0. The third kappa shape index (κ3) is 5.52. The van der Waals surface area contributed by atoms with Crippen molar-refractivity contribution < 1.29 is 4.39 Å². The average molecular weight is 312 g/mol. The fraction of sp³-hybridized carbons (Fsp3) is 1.00. The summed E-state index contributed by atoms with van der Waals surface area (Å²) in [6, 6.07) is 0. The molecule has 1 saturated carbocycles. The van der Waals surface area contributed by atoms with Gasteiger partial charge in [0, 0.05) is 3.92 Å². The molecule has 1 fully saturated rings. The van der Waals surface area contributed by atoms with Crippen LogP contribution in [-0.4, -0.2) is 10.1 Å². The molecule has 0 nitrogen and oxygen atoms in total. The second kappa shape index (κ2) is 7.89. The molecular formula is C12H22FI. The monoisotopic (exact) mass is 312 g/mol. The summed E-state index contributed by atoms with van der Waals surface area (Å²) in [6.07, 6.45) is 11.7. The Morgan fingerprint density at radius 1 is 0.714 bits per heavy atom. The molecule has 2 heteroatoms. The molecule has 0 bridgehead atoms. The molecule has 0 spiro atoms. The first-order valence-electron chi connectivity index (χ1n) is 6.09. The number of hydrogen-bond acceptors (Lipinski definition) is 0. The molecule has 1 unspecified atom stereocenters. The molecule has 0 aliphatic heterocycles. The maximum atomic E-state index is 13.6. The molecular weight excluding hydrogens is 290 g/mol. The van der Waals surface area contributed by atoms with E-state index in [-0.39, 0.29) is 3.92 Å². The van der Waals surface area contributed by atoms with Crippen molar-refractivity contribution in [2.75, 3.05) is 0 Å². The van der Waals surface area contributed by atoms with Crippen LogP contribution in [0.4, 0.5) is 4.39 Å². The predicted molar refractivity (Wildman–Crippen MR) is 68.9 cm³/mol. The lowest BCUT2D eigenvalue weighted by atomic mass is 10.0. The summed E-state index contributed by atoms with van der Waals surface area (Å²) in [5, 5.41) is 0. The van der Waals surface area contributed by atoms with E-state index in [1.54, 1.807) is 0 Å². The van der Waals surface area contributed by atoms with E-state index in [0.29, 0.717) is 0 Å². The van der Waals surface area contributed by atoms with Gasteiger partial charge in [-0.3, -0.25) is 0 Å². The molecule has 0 aromatic carbocycles. The molecule has 0 heterocycles. The maximum Gasteiger partial charge on any atom is 0.112 e. The summed E-state index contributed by atoms with van der Waals surface area (Å²) >= 11 is 2.30. The summed E-state index contributed by atoms with van der Waals surface area (Å²) in [6.45, 7) is 0. The molecule has 0 N–H and O–H groups in total. The quantitative estimate of drug-likeness (QED) is 0.434. The standard InChI is InChI=1S/C12H22FI/c13-11-9-7-5-3-1-2-4-6-8-10-12(11)14/h11-12H,1-10H2/t11?,12-/m0/s1. The van der Waals surface area contributed by atoms with Crippen molar-refractivity contribution in [1.82, 2.24) is 0 Å². The van der Waals surface area contributed by atoms with Crippen LogP contribution in [0.1, 0.15) is 64.2 Å². The van der Waals surface area contributed by atoms with Crippen LogP contribution in [0.5, 0.6) is 0 Å². The van der Waals surface area contributed by atoms with Gasteiger partial charge in [-0.15, -0.1) is 0 Å². The Kier molecular flexibility index (Phi) is 7.17. The molecule has 0 aromatic rings. The molecule has 14 heavy (non-hydrogen) atoms. The first kappa shape index (κ1) is 12.7. The van der Waals surface area contributed by atoms with Gasteiger partial charge in [-0.2, -0.15) is 0 Å². The van der Waals surface area contributed by atoms with E-state index in [2.05, 4.69) is 22.6 Å². The van der Waals surface area contributed by atoms with Gasteiger partial charge < -0.3 is 0 Å². The van der Waals surface area contributed by atoms with Crippen LogP contribution < -0.4 is 0 Å². The van der Waals surface area contributed by atoms with E-state index in [4.69, 9.17) is 0 Å². The van der Waals surface area contributed by atoms with Crippen molar-refractivity contribution in [2.24, 2.45) is 0 Å².